The van der Waals surface area contributed by atoms with Gasteiger partial charge in [-0.2, -0.15) is 0 Å². The van der Waals surface area contributed by atoms with Gasteiger partial charge >= 0.3 is 0 Å². The lowest BCUT2D eigenvalue weighted by molar-refractivity contribution is 0.0121. The molecule has 0 saturated carbocycles. The largest absolute Gasteiger partial charge is 0.381 e. The van der Waals surface area contributed by atoms with Crippen LogP contribution in [0, 0.1) is 0 Å². The highest BCUT2D eigenvalue weighted by atomic mass is 32.2. The predicted molar refractivity (Wildman–Crippen MR) is 97.6 cm³/mol. The second-order valence-electron chi connectivity index (χ2n) is 6.65. The van der Waals surface area contributed by atoms with Gasteiger partial charge in [-0.15, -0.1) is 0 Å². The van der Waals surface area contributed by atoms with Gasteiger partial charge in [-0.25, -0.2) is 13.1 Å². The molecule has 0 amide bonds. The Morgan fingerprint density at radius 2 is 1.68 bits per heavy atom. The van der Waals surface area contributed by atoms with Gasteiger partial charge in [-0.1, -0.05) is 54.6 Å². The van der Waals surface area contributed by atoms with E-state index in [0.717, 1.165) is 11.1 Å². The van der Waals surface area contributed by atoms with E-state index in [4.69, 9.17) is 4.74 Å². The minimum Gasteiger partial charge on any atom is -0.381 e. The third-order valence-electron chi connectivity index (χ3n) is 4.60. The summed E-state index contributed by atoms with van der Waals surface area (Å²) in [6.07, 6.45) is 0. The van der Waals surface area contributed by atoms with Crippen LogP contribution in [0.15, 0.2) is 54.6 Å². The highest BCUT2D eigenvalue weighted by Gasteiger charge is 2.46. The molecule has 0 spiro atoms. The molecule has 2 atom stereocenters. The molecule has 134 valence electrons. The summed E-state index contributed by atoms with van der Waals surface area (Å²) < 4.78 is 32.3. The van der Waals surface area contributed by atoms with Crippen LogP contribution in [0.2, 0.25) is 0 Å². The number of hydrogen-bond donors (Lipinski definition) is 2. The Kier molecular flexibility index (Phi) is 4.97. The van der Waals surface area contributed by atoms with Gasteiger partial charge in [0.2, 0.25) is 10.0 Å². The average Bonchev–Trinajstić information content (AvgIpc) is 2.97. The summed E-state index contributed by atoms with van der Waals surface area (Å²) in [5, 5.41) is 10.5. The summed E-state index contributed by atoms with van der Waals surface area (Å²) in [5.74, 6) is 0. The Balaban J connectivity index is 1.86. The van der Waals surface area contributed by atoms with Crippen molar-refractivity contribution in [3.8, 4) is 11.1 Å². The van der Waals surface area contributed by atoms with Gasteiger partial charge in [0.05, 0.1) is 24.5 Å². The van der Waals surface area contributed by atoms with E-state index in [1.165, 1.54) is 0 Å². The first-order valence-corrected chi connectivity index (χ1v) is 9.85. The predicted octanol–water partition coefficient (Wildman–Crippen LogP) is 2.27. The molecule has 6 heteroatoms. The summed E-state index contributed by atoms with van der Waals surface area (Å²) in [7, 11) is -3.50. The molecule has 1 aliphatic rings. The first kappa shape index (κ1) is 18.1. The van der Waals surface area contributed by atoms with Gasteiger partial charge in [0.1, 0.15) is 5.60 Å². The van der Waals surface area contributed by atoms with Crippen molar-refractivity contribution >= 4 is 10.0 Å². The second-order valence-corrected chi connectivity index (χ2v) is 8.92. The number of nitrogens with one attached hydrogen (secondary N) is 1. The molecule has 1 fully saturated rings. The van der Waals surface area contributed by atoms with E-state index in [1.807, 2.05) is 54.6 Å². The van der Waals surface area contributed by atoms with Crippen LogP contribution in [-0.2, 0) is 20.4 Å². The minimum absolute atomic E-state index is 0.0585. The van der Waals surface area contributed by atoms with E-state index in [1.54, 1.807) is 13.8 Å². The van der Waals surface area contributed by atoms with Gasteiger partial charge in [-0.05, 0) is 30.5 Å². The zero-order valence-electron chi connectivity index (χ0n) is 14.3. The molecule has 1 heterocycles. The summed E-state index contributed by atoms with van der Waals surface area (Å²) in [6.45, 7) is 3.41. The van der Waals surface area contributed by atoms with Crippen LogP contribution in [0.4, 0.5) is 0 Å². The molecule has 2 N–H and O–H groups in total. The summed E-state index contributed by atoms with van der Waals surface area (Å²) in [4.78, 5) is 0. The lowest BCUT2D eigenvalue weighted by atomic mass is 9.88. The van der Waals surface area contributed by atoms with Crippen molar-refractivity contribution in [2.45, 2.75) is 30.7 Å². The Labute approximate surface area is 148 Å². The Morgan fingerprint density at radius 1 is 1.08 bits per heavy atom. The van der Waals surface area contributed by atoms with Crippen LogP contribution >= 0.6 is 0 Å². The third-order valence-corrected chi connectivity index (χ3v) is 6.46. The molecule has 3 rings (SSSR count). The second kappa shape index (κ2) is 6.88. The SMILES string of the molecule is CC(C)S(=O)(=O)N[C@H]1COC[C@]1(O)c1ccc(-c2ccccc2)cc1. The maximum atomic E-state index is 12.2. The van der Waals surface area contributed by atoms with Crippen LogP contribution in [0.1, 0.15) is 19.4 Å². The molecule has 1 aliphatic heterocycles. The van der Waals surface area contributed by atoms with E-state index in [9.17, 15) is 13.5 Å². The van der Waals surface area contributed by atoms with Crippen LogP contribution in [-0.4, -0.2) is 38.0 Å². The first-order valence-electron chi connectivity index (χ1n) is 8.30. The van der Waals surface area contributed by atoms with E-state index in [0.29, 0.717) is 5.56 Å². The molecular formula is C19H23NO4S. The molecule has 0 aliphatic carbocycles. The molecule has 0 radical (unpaired) electrons. The highest BCUT2D eigenvalue weighted by Crippen LogP contribution is 2.33. The topological polar surface area (TPSA) is 75.6 Å². The summed E-state index contributed by atoms with van der Waals surface area (Å²) >= 11 is 0. The number of ether oxygens (including phenoxy) is 1. The molecule has 0 aromatic heterocycles. The fourth-order valence-electron chi connectivity index (χ4n) is 2.90. The minimum atomic E-state index is -3.50. The number of rotatable bonds is 5. The molecular weight excluding hydrogens is 338 g/mol. The molecule has 25 heavy (non-hydrogen) atoms. The molecule has 1 saturated heterocycles. The standard InChI is InChI=1S/C19H23NO4S/c1-14(2)25(22,23)20-18-12-24-13-19(18,21)17-10-8-16(9-11-17)15-6-4-3-5-7-15/h3-11,14,18,20-21H,12-13H2,1-2H3/t18-,19-/m0/s1. The highest BCUT2D eigenvalue weighted by molar-refractivity contribution is 7.90. The number of benzene rings is 2. The van der Waals surface area contributed by atoms with E-state index < -0.39 is 26.9 Å². The van der Waals surface area contributed by atoms with Crippen molar-refractivity contribution in [1.29, 1.82) is 0 Å². The van der Waals surface area contributed by atoms with E-state index in [2.05, 4.69) is 4.72 Å². The Bertz CT molecular complexity index is 818. The first-order chi connectivity index (χ1) is 11.8. The fourth-order valence-corrected chi connectivity index (χ4v) is 3.83. The number of hydrogen-bond acceptors (Lipinski definition) is 4. The smallest absolute Gasteiger partial charge is 0.214 e. The van der Waals surface area contributed by atoms with Crippen LogP contribution in [0.25, 0.3) is 11.1 Å². The van der Waals surface area contributed by atoms with Crippen molar-refractivity contribution < 1.29 is 18.3 Å². The molecule has 2 aromatic rings. The normalized spacial score (nSPS) is 23.9. The fraction of sp³-hybridized carbons (Fsp3) is 0.368. The van der Waals surface area contributed by atoms with Gasteiger partial charge in [0.25, 0.3) is 0 Å². The Morgan fingerprint density at radius 3 is 2.28 bits per heavy atom. The molecule has 0 unspecified atom stereocenters. The maximum Gasteiger partial charge on any atom is 0.214 e. The van der Waals surface area contributed by atoms with Gasteiger partial charge in [-0.3, -0.25) is 0 Å². The van der Waals surface area contributed by atoms with Crippen molar-refractivity contribution in [1.82, 2.24) is 4.72 Å². The van der Waals surface area contributed by atoms with Crippen molar-refractivity contribution in [2.24, 2.45) is 0 Å². The zero-order valence-corrected chi connectivity index (χ0v) is 15.2. The molecule has 5 nitrogen and oxygen atoms in total. The van der Waals surface area contributed by atoms with Crippen molar-refractivity contribution in [3.63, 3.8) is 0 Å². The lowest BCUT2D eigenvalue weighted by Crippen LogP contribution is -2.51. The average molecular weight is 361 g/mol. The van der Waals surface area contributed by atoms with Gasteiger partial charge < -0.3 is 9.84 Å². The van der Waals surface area contributed by atoms with Crippen LogP contribution in [0.3, 0.4) is 0 Å². The van der Waals surface area contributed by atoms with Crippen molar-refractivity contribution in [2.75, 3.05) is 13.2 Å². The van der Waals surface area contributed by atoms with E-state index >= 15 is 0 Å². The Hall–Kier alpha value is -1.73. The summed E-state index contributed by atoms with van der Waals surface area (Å²) in [6, 6.07) is 16.7. The third kappa shape index (κ3) is 3.62. The number of aliphatic hydroxyl groups is 1. The number of sulfonamides is 1. The zero-order chi connectivity index (χ0) is 18.1. The van der Waals surface area contributed by atoms with E-state index in [-0.39, 0.29) is 13.2 Å². The van der Waals surface area contributed by atoms with Crippen LogP contribution < -0.4 is 4.72 Å². The molecule has 0 bridgehead atoms. The lowest BCUT2D eigenvalue weighted by Gasteiger charge is -2.29. The maximum absolute atomic E-state index is 12.2. The molecule has 2 aromatic carbocycles. The van der Waals surface area contributed by atoms with Gasteiger partial charge in [0, 0.05) is 0 Å². The summed E-state index contributed by atoms with van der Waals surface area (Å²) in [5.41, 5.74) is 1.38. The van der Waals surface area contributed by atoms with Crippen LogP contribution in [0.5, 0.6) is 0 Å². The monoisotopic (exact) mass is 361 g/mol. The van der Waals surface area contributed by atoms with Crippen molar-refractivity contribution in [3.05, 3.63) is 60.2 Å². The van der Waals surface area contributed by atoms with Gasteiger partial charge in [0.15, 0.2) is 0 Å². The quantitative estimate of drug-likeness (QED) is 0.857.